The van der Waals surface area contributed by atoms with Crippen LogP contribution in [0.15, 0.2) is 24.3 Å². The molecular formula is C16H24N2O2. The van der Waals surface area contributed by atoms with E-state index in [1.54, 1.807) is 0 Å². The van der Waals surface area contributed by atoms with E-state index in [-0.39, 0.29) is 5.91 Å². The van der Waals surface area contributed by atoms with Crippen LogP contribution >= 0.6 is 0 Å². The number of carbonyl (C=O) groups is 1. The number of amides is 1. The van der Waals surface area contributed by atoms with Crippen molar-refractivity contribution >= 4 is 5.91 Å². The fourth-order valence-electron chi connectivity index (χ4n) is 2.33. The summed E-state index contributed by atoms with van der Waals surface area (Å²) in [5.74, 6) is 1.16. The van der Waals surface area contributed by atoms with Crippen LogP contribution in [-0.2, 0) is 11.2 Å². The molecule has 110 valence electrons. The van der Waals surface area contributed by atoms with Gasteiger partial charge in [0, 0.05) is 32.6 Å². The number of carbonyl (C=O) groups excluding carboxylic acids is 1. The first-order valence-electron chi connectivity index (χ1n) is 7.50. The molecule has 0 saturated carbocycles. The maximum Gasteiger partial charge on any atom is 0.222 e. The van der Waals surface area contributed by atoms with Gasteiger partial charge in [-0.1, -0.05) is 19.1 Å². The largest absolute Gasteiger partial charge is 0.494 e. The molecule has 0 bridgehead atoms. The van der Waals surface area contributed by atoms with Crippen molar-refractivity contribution < 1.29 is 9.53 Å². The third-order valence-corrected chi connectivity index (χ3v) is 3.47. The molecule has 0 aliphatic carbocycles. The second-order valence-electron chi connectivity index (χ2n) is 5.13. The lowest BCUT2D eigenvalue weighted by Gasteiger charge is -2.27. The number of piperazine rings is 1. The van der Waals surface area contributed by atoms with Crippen LogP contribution in [0.3, 0.4) is 0 Å². The zero-order valence-electron chi connectivity index (χ0n) is 12.2. The molecule has 0 atom stereocenters. The van der Waals surface area contributed by atoms with Crippen molar-refractivity contribution in [2.75, 3.05) is 32.8 Å². The third kappa shape index (κ3) is 4.53. The second kappa shape index (κ2) is 7.90. The maximum atomic E-state index is 12.1. The highest BCUT2D eigenvalue weighted by Gasteiger charge is 2.15. The molecule has 0 spiro atoms. The van der Waals surface area contributed by atoms with Gasteiger partial charge in [-0.05, 0) is 30.5 Å². The Bertz CT molecular complexity index is 428. The average Bonchev–Trinajstić information content (AvgIpc) is 2.52. The van der Waals surface area contributed by atoms with Gasteiger partial charge in [0.1, 0.15) is 5.75 Å². The Morgan fingerprint density at radius 2 is 2.15 bits per heavy atom. The van der Waals surface area contributed by atoms with Gasteiger partial charge < -0.3 is 15.0 Å². The first-order valence-corrected chi connectivity index (χ1v) is 7.50. The summed E-state index contributed by atoms with van der Waals surface area (Å²) in [7, 11) is 0. The molecule has 1 aromatic rings. The van der Waals surface area contributed by atoms with Crippen molar-refractivity contribution in [2.24, 2.45) is 0 Å². The van der Waals surface area contributed by atoms with E-state index in [0.29, 0.717) is 6.42 Å². The first kappa shape index (κ1) is 14.9. The fourth-order valence-corrected chi connectivity index (χ4v) is 2.33. The topological polar surface area (TPSA) is 41.6 Å². The Kier molecular flexibility index (Phi) is 5.87. The molecule has 4 nitrogen and oxygen atoms in total. The van der Waals surface area contributed by atoms with Gasteiger partial charge >= 0.3 is 0 Å². The van der Waals surface area contributed by atoms with Crippen LogP contribution in [0.2, 0.25) is 0 Å². The van der Waals surface area contributed by atoms with E-state index in [1.807, 2.05) is 23.1 Å². The molecule has 0 radical (unpaired) electrons. The number of nitrogens with zero attached hydrogens (tertiary/aromatic N) is 1. The Morgan fingerprint density at radius 1 is 1.35 bits per heavy atom. The third-order valence-electron chi connectivity index (χ3n) is 3.47. The summed E-state index contributed by atoms with van der Waals surface area (Å²) in [5, 5.41) is 3.26. The molecule has 1 N–H and O–H groups in total. The molecule has 4 heteroatoms. The minimum Gasteiger partial charge on any atom is -0.494 e. The number of ether oxygens (including phenoxy) is 1. The number of aryl methyl sites for hydroxylation is 1. The van der Waals surface area contributed by atoms with E-state index in [1.165, 1.54) is 5.56 Å². The molecule has 1 heterocycles. The molecule has 1 aliphatic rings. The van der Waals surface area contributed by atoms with Crippen molar-refractivity contribution in [3.05, 3.63) is 29.8 Å². The lowest BCUT2D eigenvalue weighted by molar-refractivity contribution is -0.131. The Hall–Kier alpha value is -1.55. The highest BCUT2D eigenvalue weighted by molar-refractivity contribution is 5.76. The summed E-state index contributed by atoms with van der Waals surface area (Å²) in [6.07, 6.45) is 2.37. The standard InChI is InChI=1S/C16H24N2O2/c1-2-12-20-15-5-3-4-14(13-15)6-7-16(19)18-10-8-17-9-11-18/h3-5,13,17H,2,6-12H2,1H3. The number of hydrogen-bond donors (Lipinski definition) is 1. The van der Waals surface area contributed by atoms with Gasteiger partial charge in [-0.15, -0.1) is 0 Å². The van der Waals surface area contributed by atoms with Gasteiger partial charge in [0.15, 0.2) is 0 Å². The Labute approximate surface area is 121 Å². The SMILES string of the molecule is CCCOc1cccc(CCC(=O)N2CCNCC2)c1. The minimum atomic E-state index is 0.256. The van der Waals surface area contributed by atoms with Gasteiger partial charge in [-0.2, -0.15) is 0 Å². The molecule has 1 saturated heterocycles. The molecule has 2 rings (SSSR count). The Morgan fingerprint density at radius 3 is 2.90 bits per heavy atom. The van der Waals surface area contributed by atoms with Crippen molar-refractivity contribution in [1.82, 2.24) is 10.2 Å². The normalized spacial score (nSPS) is 15.2. The van der Waals surface area contributed by atoms with E-state index in [9.17, 15) is 4.79 Å². The molecule has 1 fully saturated rings. The lowest BCUT2D eigenvalue weighted by Crippen LogP contribution is -2.46. The summed E-state index contributed by atoms with van der Waals surface area (Å²) >= 11 is 0. The van der Waals surface area contributed by atoms with Crippen LogP contribution < -0.4 is 10.1 Å². The number of rotatable bonds is 6. The van der Waals surface area contributed by atoms with Crippen LogP contribution in [0.4, 0.5) is 0 Å². The number of benzene rings is 1. The number of hydrogen-bond acceptors (Lipinski definition) is 3. The van der Waals surface area contributed by atoms with Crippen molar-refractivity contribution in [2.45, 2.75) is 26.2 Å². The van der Waals surface area contributed by atoms with Gasteiger partial charge in [0.2, 0.25) is 5.91 Å². The van der Waals surface area contributed by atoms with Gasteiger partial charge in [0.25, 0.3) is 0 Å². The number of nitrogens with one attached hydrogen (secondary N) is 1. The maximum absolute atomic E-state index is 12.1. The fraction of sp³-hybridized carbons (Fsp3) is 0.562. The van der Waals surface area contributed by atoms with Crippen molar-refractivity contribution in [1.29, 1.82) is 0 Å². The van der Waals surface area contributed by atoms with Crippen molar-refractivity contribution in [3.63, 3.8) is 0 Å². The lowest BCUT2D eigenvalue weighted by atomic mass is 10.1. The molecule has 1 aromatic carbocycles. The average molecular weight is 276 g/mol. The van der Waals surface area contributed by atoms with Crippen LogP contribution in [-0.4, -0.2) is 43.6 Å². The smallest absolute Gasteiger partial charge is 0.222 e. The predicted octanol–water partition coefficient (Wildman–Crippen LogP) is 1.84. The van der Waals surface area contributed by atoms with Gasteiger partial charge in [-0.3, -0.25) is 4.79 Å². The molecule has 20 heavy (non-hydrogen) atoms. The molecule has 1 aliphatic heterocycles. The van der Waals surface area contributed by atoms with E-state index in [4.69, 9.17) is 4.74 Å². The highest BCUT2D eigenvalue weighted by atomic mass is 16.5. The highest BCUT2D eigenvalue weighted by Crippen LogP contribution is 2.15. The quantitative estimate of drug-likeness (QED) is 0.862. The van der Waals surface area contributed by atoms with Crippen LogP contribution in [0.5, 0.6) is 5.75 Å². The van der Waals surface area contributed by atoms with Crippen LogP contribution in [0, 0.1) is 0 Å². The first-order chi connectivity index (χ1) is 9.79. The van der Waals surface area contributed by atoms with Gasteiger partial charge in [-0.25, -0.2) is 0 Å². The summed E-state index contributed by atoms with van der Waals surface area (Å²) in [6, 6.07) is 8.07. The molecule has 0 aromatic heterocycles. The molecular weight excluding hydrogens is 252 g/mol. The van der Waals surface area contributed by atoms with E-state index < -0.39 is 0 Å². The van der Waals surface area contributed by atoms with E-state index in [0.717, 1.165) is 51.4 Å². The van der Waals surface area contributed by atoms with Gasteiger partial charge in [0.05, 0.1) is 6.61 Å². The minimum absolute atomic E-state index is 0.256. The van der Waals surface area contributed by atoms with E-state index in [2.05, 4.69) is 18.3 Å². The summed E-state index contributed by atoms with van der Waals surface area (Å²) in [6.45, 7) is 6.31. The molecule has 1 amide bonds. The second-order valence-corrected chi connectivity index (χ2v) is 5.13. The van der Waals surface area contributed by atoms with E-state index >= 15 is 0 Å². The van der Waals surface area contributed by atoms with Crippen molar-refractivity contribution in [3.8, 4) is 5.75 Å². The summed E-state index contributed by atoms with van der Waals surface area (Å²) in [4.78, 5) is 14.0. The van der Waals surface area contributed by atoms with Crippen LogP contribution in [0.1, 0.15) is 25.3 Å². The predicted molar refractivity (Wildman–Crippen MR) is 80.0 cm³/mol. The molecule has 0 unspecified atom stereocenters. The summed E-state index contributed by atoms with van der Waals surface area (Å²) < 4.78 is 5.62. The van der Waals surface area contributed by atoms with Crippen LogP contribution in [0.25, 0.3) is 0 Å². The zero-order chi connectivity index (χ0) is 14.2. The Balaban J connectivity index is 1.82. The zero-order valence-corrected chi connectivity index (χ0v) is 12.2. The monoisotopic (exact) mass is 276 g/mol. The summed E-state index contributed by atoms with van der Waals surface area (Å²) in [5.41, 5.74) is 1.17.